The Labute approximate surface area is 329 Å². The Hall–Kier alpha value is -4.88. The topological polar surface area (TPSA) is 3.24 Å². The van der Waals surface area contributed by atoms with Crippen molar-refractivity contribution >= 4 is 17.1 Å². The maximum Gasteiger partial charge on any atom is 0.0543 e. The molecule has 0 saturated heterocycles. The van der Waals surface area contributed by atoms with Gasteiger partial charge < -0.3 is 4.90 Å². The second kappa shape index (κ2) is 11.8. The molecule has 1 heteroatoms. The van der Waals surface area contributed by atoms with Gasteiger partial charge >= 0.3 is 0 Å². The highest BCUT2D eigenvalue weighted by Gasteiger charge is 2.41. The smallest absolute Gasteiger partial charge is 0.0543 e. The fourth-order valence-electron chi connectivity index (χ4n) is 11.1. The van der Waals surface area contributed by atoms with Gasteiger partial charge in [-0.15, -0.1) is 0 Å². The van der Waals surface area contributed by atoms with Crippen LogP contribution in [0.3, 0.4) is 0 Å². The highest BCUT2D eigenvalue weighted by atomic mass is 15.1. The normalized spacial score (nSPS) is 18.7. The lowest BCUT2D eigenvalue weighted by Crippen LogP contribution is -2.34. The largest absolute Gasteiger partial charge is 0.310 e. The molecule has 0 amide bonds. The van der Waals surface area contributed by atoms with Crippen LogP contribution in [0, 0.1) is 0 Å². The molecule has 1 nitrogen and oxygen atoms in total. The molecule has 0 heterocycles. The van der Waals surface area contributed by atoms with Crippen molar-refractivity contribution in [3.63, 3.8) is 0 Å². The molecule has 0 spiro atoms. The minimum atomic E-state index is -0.121. The summed E-state index contributed by atoms with van der Waals surface area (Å²) in [4.78, 5) is 2.65. The van der Waals surface area contributed by atoms with Gasteiger partial charge in [-0.25, -0.2) is 0 Å². The average Bonchev–Trinajstić information content (AvgIpc) is 3.55. The Bertz CT molecular complexity index is 2560. The summed E-state index contributed by atoms with van der Waals surface area (Å²) < 4.78 is 0. The summed E-state index contributed by atoms with van der Waals surface area (Å²) in [5.74, 6) is 0. The second-order valence-electron chi connectivity index (χ2n) is 19.5. The van der Waals surface area contributed by atoms with Crippen molar-refractivity contribution in [2.45, 2.75) is 116 Å². The summed E-state index contributed by atoms with van der Waals surface area (Å²) in [7, 11) is 0. The quantitative estimate of drug-likeness (QED) is 0.175. The lowest BCUT2D eigenvalue weighted by molar-refractivity contribution is 0.332. The van der Waals surface area contributed by atoms with E-state index in [0.717, 1.165) is 6.42 Å². The molecule has 0 radical (unpaired) electrons. The zero-order chi connectivity index (χ0) is 38.1. The molecule has 0 N–H and O–H groups in total. The first-order chi connectivity index (χ1) is 26.3. The number of hydrogen-bond acceptors (Lipinski definition) is 1. The molecule has 276 valence electrons. The zero-order valence-corrected chi connectivity index (χ0v) is 34.2. The maximum absolute atomic E-state index is 2.65. The molecule has 0 saturated carbocycles. The number of rotatable bonds is 4. The Morgan fingerprint density at radius 3 is 1.65 bits per heavy atom. The molecule has 0 aromatic heterocycles. The van der Waals surface area contributed by atoms with E-state index >= 15 is 0 Å². The summed E-state index contributed by atoms with van der Waals surface area (Å²) in [6.07, 6.45) is 7.22. The van der Waals surface area contributed by atoms with Crippen LogP contribution in [-0.4, -0.2) is 0 Å². The van der Waals surface area contributed by atoms with Crippen molar-refractivity contribution in [3.05, 3.63) is 160 Å². The maximum atomic E-state index is 2.65. The van der Waals surface area contributed by atoms with Crippen LogP contribution >= 0.6 is 0 Å². The molecule has 0 bridgehead atoms. The summed E-state index contributed by atoms with van der Waals surface area (Å²) in [6, 6.07) is 45.3. The molecular weight excluding hydrogens is 663 g/mol. The van der Waals surface area contributed by atoms with Gasteiger partial charge in [0, 0.05) is 27.8 Å². The summed E-state index contributed by atoms with van der Waals surface area (Å²) >= 11 is 0. The average molecular weight is 718 g/mol. The summed E-state index contributed by atoms with van der Waals surface area (Å²) in [6.45, 7) is 19.5. The van der Waals surface area contributed by atoms with E-state index in [4.69, 9.17) is 0 Å². The van der Waals surface area contributed by atoms with Crippen LogP contribution < -0.4 is 4.90 Å². The summed E-state index contributed by atoms with van der Waals surface area (Å²) in [5, 5.41) is 0. The minimum absolute atomic E-state index is 0.0943. The lowest BCUT2D eigenvalue weighted by atomic mass is 9.63. The van der Waals surface area contributed by atoms with Crippen molar-refractivity contribution in [2.75, 3.05) is 4.90 Å². The van der Waals surface area contributed by atoms with E-state index in [9.17, 15) is 0 Å². The van der Waals surface area contributed by atoms with E-state index in [0.29, 0.717) is 0 Å². The first-order valence-corrected chi connectivity index (χ1v) is 20.9. The molecule has 4 aliphatic rings. The van der Waals surface area contributed by atoms with Gasteiger partial charge in [0.15, 0.2) is 0 Å². The van der Waals surface area contributed by atoms with Gasteiger partial charge in [0.2, 0.25) is 0 Å². The molecule has 0 aliphatic heterocycles. The predicted molar refractivity (Wildman–Crippen MR) is 234 cm³/mol. The molecule has 0 unspecified atom stereocenters. The van der Waals surface area contributed by atoms with E-state index < -0.39 is 0 Å². The van der Waals surface area contributed by atoms with Crippen LogP contribution in [-0.2, 0) is 34.5 Å². The van der Waals surface area contributed by atoms with Crippen LogP contribution in [0.1, 0.15) is 126 Å². The van der Waals surface area contributed by atoms with E-state index in [1.807, 2.05) is 0 Å². The molecule has 4 aliphatic carbocycles. The minimum Gasteiger partial charge on any atom is -0.310 e. The fourth-order valence-corrected chi connectivity index (χ4v) is 11.1. The molecule has 55 heavy (non-hydrogen) atoms. The molecule has 6 aromatic rings. The zero-order valence-electron chi connectivity index (χ0n) is 34.2. The SMILES string of the molecule is CC1(C)CCC(C)(C)c2cc(N(c3ccc4c(c3)C(C)(C)c3ccccc3-4)c3cc4c(cc3-c3cccc5c3CCCC5)-c3ccccc3C4(C)C)ccc21. The molecule has 6 aromatic carbocycles. The number of benzene rings is 6. The number of aryl methyl sites for hydroxylation is 1. The van der Waals surface area contributed by atoms with Crippen LogP contribution in [0.15, 0.2) is 115 Å². The molecule has 0 fully saturated rings. The van der Waals surface area contributed by atoms with Crippen LogP contribution in [0.4, 0.5) is 17.1 Å². The van der Waals surface area contributed by atoms with E-state index in [1.54, 1.807) is 5.56 Å². The van der Waals surface area contributed by atoms with Gasteiger partial charge in [0.05, 0.1) is 5.69 Å². The first kappa shape index (κ1) is 34.6. The predicted octanol–water partition coefficient (Wildman–Crippen LogP) is 14.7. The fraction of sp³-hybridized carbons (Fsp3) is 0.333. The van der Waals surface area contributed by atoms with Gasteiger partial charge in [-0.05, 0) is 158 Å². The lowest BCUT2D eigenvalue weighted by Gasteiger charge is -2.42. The van der Waals surface area contributed by atoms with Crippen molar-refractivity contribution in [3.8, 4) is 33.4 Å². The van der Waals surface area contributed by atoms with Crippen LogP contribution in [0.25, 0.3) is 33.4 Å². The third-order valence-electron chi connectivity index (χ3n) is 14.5. The van der Waals surface area contributed by atoms with Crippen LogP contribution in [0.2, 0.25) is 0 Å². The number of nitrogens with zero attached hydrogens (tertiary/aromatic N) is 1. The van der Waals surface area contributed by atoms with Gasteiger partial charge in [0.1, 0.15) is 0 Å². The summed E-state index contributed by atoms with van der Waals surface area (Å²) in [5.41, 5.74) is 23.7. The Kier molecular flexibility index (Phi) is 7.43. The second-order valence-corrected chi connectivity index (χ2v) is 19.5. The van der Waals surface area contributed by atoms with Gasteiger partial charge in [0.25, 0.3) is 0 Å². The van der Waals surface area contributed by atoms with E-state index in [2.05, 4.69) is 176 Å². The Morgan fingerprint density at radius 2 is 0.945 bits per heavy atom. The first-order valence-electron chi connectivity index (χ1n) is 20.9. The molecule has 10 rings (SSSR count). The van der Waals surface area contributed by atoms with Crippen molar-refractivity contribution in [2.24, 2.45) is 0 Å². The van der Waals surface area contributed by atoms with Gasteiger partial charge in [-0.1, -0.05) is 134 Å². The van der Waals surface area contributed by atoms with Crippen molar-refractivity contribution in [1.82, 2.24) is 0 Å². The van der Waals surface area contributed by atoms with Crippen LogP contribution in [0.5, 0.6) is 0 Å². The molecule has 0 atom stereocenters. The van der Waals surface area contributed by atoms with Crippen molar-refractivity contribution < 1.29 is 0 Å². The highest BCUT2D eigenvalue weighted by molar-refractivity contribution is 5.96. The third kappa shape index (κ3) is 5.04. The highest BCUT2D eigenvalue weighted by Crippen LogP contribution is 2.56. The number of fused-ring (bicyclic) bond motifs is 8. The van der Waals surface area contributed by atoms with Gasteiger partial charge in [-0.3, -0.25) is 0 Å². The monoisotopic (exact) mass is 717 g/mol. The Balaban J connectivity index is 1.29. The van der Waals surface area contributed by atoms with Crippen molar-refractivity contribution in [1.29, 1.82) is 0 Å². The Morgan fingerprint density at radius 1 is 0.400 bits per heavy atom. The number of anilines is 3. The van der Waals surface area contributed by atoms with Gasteiger partial charge in [-0.2, -0.15) is 0 Å². The number of hydrogen-bond donors (Lipinski definition) is 0. The molecular formula is C54H55N. The van der Waals surface area contributed by atoms with E-state index in [-0.39, 0.29) is 21.7 Å². The third-order valence-corrected chi connectivity index (χ3v) is 14.5. The standard InChI is InChI=1S/C54H55N/c1-51(2)28-29-52(3,4)49-31-36(25-27-46(49)51)55(35-24-26-41-39-19-11-13-22-44(39)53(5,6)47(41)30-35)50-33-48-42(40-20-12-14-23-45(40)54(48,7)8)32-43(50)38-21-15-17-34-16-9-10-18-37(34)38/h11-15,17,19-27,30-33H,9-10,16,18,28-29H2,1-8H3. The van der Waals surface area contributed by atoms with E-state index in [1.165, 1.54) is 121 Å².